The number of aromatic hydroxyl groups is 1. The third kappa shape index (κ3) is 28.0. The molecule has 0 saturated carbocycles. The summed E-state index contributed by atoms with van der Waals surface area (Å²) in [5.74, 6) is -4.14. The van der Waals surface area contributed by atoms with Crippen molar-refractivity contribution in [2.75, 3.05) is 85.3 Å². The highest BCUT2D eigenvalue weighted by atomic mass is 19.1. The summed E-state index contributed by atoms with van der Waals surface area (Å²) in [5.41, 5.74) is 8.11. The van der Waals surface area contributed by atoms with E-state index in [1.54, 1.807) is 18.2 Å². The first kappa shape index (κ1) is 92.8. The Morgan fingerprint density at radius 1 is 0.412 bits per heavy atom. The number of amides is 1. The van der Waals surface area contributed by atoms with E-state index < -0.39 is 59.5 Å². The second-order valence-electron chi connectivity index (χ2n) is 18.3. The Kier molecular flexibility index (Phi) is 42.5. The highest BCUT2D eigenvalue weighted by molar-refractivity contribution is 5.99. The number of aromatic nitrogens is 2. The van der Waals surface area contributed by atoms with Crippen LogP contribution in [0.5, 0.6) is 34.5 Å². The third-order valence-electron chi connectivity index (χ3n) is 12.2. The van der Waals surface area contributed by atoms with Gasteiger partial charge in [-0.3, -0.25) is 4.79 Å². The van der Waals surface area contributed by atoms with Crippen LogP contribution in [0.15, 0.2) is 138 Å². The van der Waals surface area contributed by atoms with Crippen molar-refractivity contribution in [3.8, 4) is 69.5 Å². The number of phenols is 1. The number of carboxylic acids is 1. The topological polar surface area (TPSA) is 417 Å². The van der Waals surface area contributed by atoms with Gasteiger partial charge >= 0.3 is 47.8 Å². The lowest BCUT2D eigenvalue weighted by Gasteiger charge is -2.06. The molecule has 102 heavy (non-hydrogen) atoms. The van der Waals surface area contributed by atoms with Crippen LogP contribution in [0.4, 0.5) is 4.39 Å². The molecule has 4 N–H and O–H groups in total. The molecule has 0 aliphatic rings. The molecule has 0 fully saturated rings. The first-order valence-electron chi connectivity index (χ1n) is 27.1. The van der Waals surface area contributed by atoms with Gasteiger partial charge in [-0.05, 0) is 121 Å². The van der Waals surface area contributed by atoms with Gasteiger partial charge in [0.25, 0.3) is 5.89 Å². The van der Waals surface area contributed by atoms with Crippen LogP contribution >= 0.6 is 0 Å². The van der Waals surface area contributed by atoms with Gasteiger partial charge in [0.2, 0.25) is 11.7 Å². The minimum absolute atomic E-state index is 0. The number of carboxylic acid groups (broad SMARTS) is 1. The Morgan fingerprint density at radius 2 is 0.706 bits per heavy atom. The van der Waals surface area contributed by atoms with Crippen molar-refractivity contribution in [1.29, 1.82) is 10.5 Å². The van der Waals surface area contributed by atoms with Gasteiger partial charge in [0, 0.05) is 11.1 Å². The number of esters is 7. The number of primary amides is 1. The average Bonchev–Trinajstić information content (AvgIpc) is 1.64. The largest absolute Gasteiger partial charge is 0.508 e. The molecule has 7 aromatic carbocycles. The summed E-state index contributed by atoms with van der Waals surface area (Å²) in [4.78, 5) is 105. The van der Waals surface area contributed by atoms with Crippen LogP contribution in [0.2, 0.25) is 0 Å². The zero-order valence-electron chi connectivity index (χ0n) is 53.8. The number of ether oxygens (including phenoxy) is 12. The van der Waals surface area contributed by atoms with E-state index in [4.69, 9.17) is 49.6 Å². The number of nitrogens with zero attached hydrogens (tertiary/aromatic N) is 4. The quantitative estimate of drug-likeness (QED) is 0.0597. The van der Waals surface area contributed by atoms with Gasteiger partial charge in [0.1, 0.15) is 40.3 Å². The van der Waals surface area contributed by atoms with Gasteiger partial charge in [-0.25, -0.2) is 42.7 Å². The van der Waals surface area contributed by atoms with E-state index in [9.17, 15) is 52.6 Å². The van der Waals surface area contributed by atoms with Crippen LogP contribution in [0, 0.1) is 28.5 Å². The fourth-order valence-corrected chi connectivity index (χ4v) is 7.45. The summed E-state index contributed by atoms with van der Waals surface area (Å²) in [5, 5.41) is 39.6. The molecular formula is C72H82FN5O24. The number of benzene rings is 7. The Hall–Kier alpha value is -13.4. The minimum Gasteiger partial charge on any atom is -0.508 e. The highest BCUT2D eigenvalue weighted by Gasteiger charge is 2.19. The number of halogens is 1. The van der Waals surface area contributed by atoms with Gasteiger partial charge in [-0.2, -0.15) is 15.5 Å². The summed E-state index contributed by atoms with van der Waals surface area (Å²) in [6, 6.07) is 35.5. The molecule has 0 spiro atoms. The van der Waals surface area contributed by atoms with Crippen molar-refractivity contribution in [3.63, 3.8) is 0 Å². The van der Waals surface area contributed by atoms with Crippen LogP contribution < -0.4 is 29.4 Å². The van der Waals surface area contributed by atoms with Crippen molar-refractivity contribution in [1.82, 2.24) is 10.1 Å². The Morgan fingerprint density at radius 3 is 0.990 bits per heavy atom. The molecule has 0 atom stereocenters. The number of hydrogen-bond donors (Lipinski definition) is 3. The van der Waals surface area contributed by atoms with Crippen LogP contribution in [0.25, 0.3) is 22.8 Å². The van der Waals surface area contributed by atoms with Gasteiger partial charge < -0.3 is 77.3 Å². The molecule has 0 radical (unpaired) electrons. The smallest absolute Gasteiger partial charge is 0.338 e. The number of rotatable bonds is 16. The lowest BCUT2D eigenvalue weighted by molar-refractivity contribution is 0.0581. The fourth-order valence-electron chi connectivity index (χ4n) is 7.45. The molecule has 29 nitrogen and oxygen atoms in total. The number of nitrogens with two attached hydrogens (primary N) is 1. The predicted octanol–water partition coefficient (Wildman–Crippen LogP) is 12.0. The molecule has 0 aliphatic heterocycles. The number of carbonyl (C=O) groups is 9. The summed E-state index contributed by atoms with van der Waals surface area (Å²) in [7, 11) is 16.1. The molecule has 0 bridgehead atoms. The van der Waals surface area contributed by atoms with Crippen molar-refractivity contribution in [2.45, 2.75) is 37.1 Å². The number of hydrogen-bond acceptors (Lipinski definition) is 27. The fraction of sp³-hybridized carbons (Fsp3) is 0.236. The number of nitriles is 2. The van der Waals surface area contributed by atoms with Crippen LogP contribution in [0.1, 0.15) is 141 Å². The van der Waals surface area contributed by atoms with E-state index in [2.05, 4.69) is 43.3 Å². The van der Waals surface area contributed by atoms with Gasteiger partial charge in [-0.15, -0.1) is 0 Å². The molecule has 8 rings (SSSR count). The molecule has 1 heterocycles. The Labute approximate surface area is 589 Å². The average molecular weight is 1420 g/mol. The van der Waals surface area contributed by atoms with Gasteiger partial charge in [-0.1, -0.05) is 54.4 Å². The van der Waals surface area contributed by atoms with E-state index >= 15 is 0 Å². The van der Waals surface area contributed by atoms with Crippen LogP contribution in [-0.2, 0) is 33.2 Å². The molecule has 0 aliphatic carbocycles. The lowest BCUT2D eigenvalue weighted by Crippen LogP contribution is -2.12. The zero-order chi connectivity index (χ0) is 72.5. The van der Waals surface area contributed by atoms with Crippen molar-refractivity contribution < 1.29 is 119 Å². The van der Waals surface area contributed by atoms with E-state index in [0.717, 1.165) is 6.07 Å². The number of methoxy groups -OCH3 is 12. The standard InChI is InChI=1S/C15H9FN2O4.2C11H12O5.C10H11NO4.2C10H9NO3.5CH4/c16-12-4-2-1-3-11(12)14-17-13(18-22-14)8-5-9(15(20)21)7-10(19)6-8;2*1-14-9-5-7(10(12)15-2)4-8(6-9)11(13)16-3;1-14-8-4-6(9(11)12)3-7(5-8)10(13)15-2;2*1-13-9-4-7(6-11)3-8(5-9)10(12)14-2;;;;;/h1-7,19H,(H,20,21);2*4-6H,1-3H3;3-5H,1-2H3,(H2,11,12);2*3-5H,1-2H3;5*1H4. The molecule has 8 aromatic rings. The van der Waals surface area contributed by atoms with Crippen LogP contribution in [0.3, 0.4) is 0 Å². The molecular weight excluding hydrogens is 1340 g/mol. The van der Waals surface area contributed by atoms with E-state index in [0.29, 0.717) is 51.0 Å². The van der Waals surface area contributed by atoms with Gasteiger partial charge in [0.15, 0.2) is 0 Å². The molecule has 546 valence electrons. The Bertz CT molecular complexity index is 4010. The second kappa shape index (κ2) is 46.7. The molecule has 0 unspecified atom stereocenters. The van der Waals surface area contributed by atoms with Crippen molar-refractivity contribution in [2.24, 2.45) is 5.73 Å². The van der Waals surface area contributed by atoms with Gasteiger partial charge in [0.05, 0.1) is 159 Å². The molecule has 1 aromatic heterocycles. The molecule has 0 saturated heterocycles. The number of carbonyl (C=O) groups excluding carboxylic acids is 8. The highest BCUT2D eigenvalue weighted by Crippen LogP contribution is 2.28. The van der Waals surface area contributed by atoms with E-state index in [1.165, 1.54) is 195 Å². The number of phenolic OH excluding ortho intramolecular Hbond substituents is 1. The first-order valence-corrected chi connectivity index (χ1v) is 27.1. The van der Waals surface area contributed by atoms with E-state index in [-0.39, 0.29) is 105 Å². The zero-order valence-corrected chi connectivity index (χ0v) is 53.8. The van der Waals surface area contributed by atoms with E-state index in [1.807, 2.05) is 12.1 Å². The van der Waals surface area contributed by atoms with Crippen LogP contribution in [-0.4, -0.2) is 159 Å². The summed E-state index contributed by atoms with van der Waals surface area (Å²) < 4.78 is 75.2. The Balaban J connectivity index is -0.00000115. The maximum Gasteiger partial charge on any atom is 0.338 e. The molecule has 30 heteroatoms. The normalized spacial score (nSPS) is 9.09. The van der Waals surface area contributed by atoms with Crippen molar-refractivity contribution in [3.05, 3.63) is 200 Å². The predicted molar refractivity (Wildman–Crippen MR) is 370 cm³/mol. The monoisotopic (exact) mass is 1420 g/mol. The lowest BCUT2D eigenvalue weighted by atomic mass is 10.1. The summed E-state index contributed by atoms with van der Waals surface area (Å²) >= 11 is 0. The maximum atomic E-state index is 13.7. The molecule has 1 amide bonds. The third-order valence-corrected chi connectivity index (χ3v) is 12.2. The number of aromatic carboxylic acids is 1. The summed E-state index contributed by atoms with van der Waals surface area (Å²) in [6.45, 7) is 0. The SMILES string of the molecule is C.C.C.C.C.COC(=O)c1cc(C#N)cc(OC)c1.COC(=O)c1cc(C#N)cc(OC)c1.COC(=O)c1cc(OC)cc(C(=O)OC)c1.COC(=O)c1cc(OC)cc(C(=O)OC)c1.COC(=O)c1cc(OC)cc(C(N)=O)c1.O=C(O)c1cc(O)cc(-c2noc(-c3ccccc3F)n2)c1. The minimum atomic E-state index is -1.20. The second-order valence-corrected chi connectivity index (χ2v) is 18.3. The van der Waals surface area contributed by atoms with Crippen molar-refractivity contribution >= 4 is 53.7 Å². The first-order chi connectivity index (χ1) is 46.3. The maximum absolute atomic E-state index is 13.7. The summed E-state index contributed by atoms with van der Waals surface area (Å²) in [6.07, 6.45) is 0.